The molecule has 0 spiro atoms. The lowest BCUT2D eigenvalue weighted by Gasteiger charge is -2.31. The first-order valence-electron chi connectivity index (χ1n) is 9.76. The molecular weight excluding hydrogens is 276 g/mol. The van der Waals surface area contributed by atoms with Gasteiger partial charge < -0.3 is 0 Å². The van der Waals surface area contributed by atoms with Crippen LogP contribution in [0.5, 0.6) is 0 Å². The molecule has 2 aromatic rings. The third kappa shape index (κ3) is 5.09. The summed E-state index contributed by atoms with van der Waals surface area (Å²) in [6.45, 7) is 6.63. The van der Waals surface area contributed by atoms with Crippen molar-refractivity contribution in [1.29, 1.82) is 0 Å². The molecule has 0 heterocycles. The molecule has 1 saturated carbocycles. The summed E-state index contributed by atoms with van der Waals surface area (Å²) >= 11 is 0. The molecule has 1 aliphatic carbocycles. The van der Waals surface area contributed by atoms with Crippen molar-refractivity contribution in [2.24, 2.45) is 11.8 Å². The van der Waals surface area contributed by atoms with Crippen LogP contribution in [-0.4, -0.2) is 0 Å². The molecule has 1 fully saturated rings. The van der Waals surface area contributed by atoms with Crippen LogP contribution in [-0.2, 0) is 6.42 Å². The Kier molecular flexibility index (Phi) is 7.65. The highest BCUT2D eigenvalue weighted by molar-refractivity contribution is 5.85. The van der Waals surface area contributed by atoms with Crippen molar-refractivity contribution in [3.63, 3.8) is 0 Å². The standard InChI is InChI=1S/C20H26.C3H8/c1-2-16-8-3-4-9-17(16)14-15-19-12-7-11-18-10-5-6-13-20(18)19;1-3-2/h5-7,10-13,16-17H,2-4,8-9,14-15H2,1H3;3H2,1-2H3. The van der Waals surface area contributed by atoms with E-state index in [4.69, 9.17) is 0 Å². The van der Waals surface area contributed by atoms with Gasteiger partial charge in [-0.25, -0.2) is 0 Å². The number of benzene rings is 2. The fourth-order valence-corrected chi connectivity index (χ4v) is 4.05. The van der Waals surface area contributed by atoms with E-state index in [0.29, 0.717) is 0 Å². The van der Waals surface area contributed by atoms with E-state index in [1.807, 2.05) is 0 Å². The highest BCUT2D eigenvalue weighted by Gasteiger charge is 2.23. The van der Waals surface area contributed by atoms with Gasteiger partial charge >= 0.3 is 0 Å². The molecule has 126 valence electrons. The van der Waals surface area contributed by atoms with Crippen LogP contribution in [0.2, 0.25) is 0 Å². The van der Waals surface area contributed by atoms with E-state index in [1.165, 1.54) is 62.1 Å². The number of fused-ring (bicyclic) bond motifs is 1. The maximum absolute atomic E-state index is 2.38. The van der Waals surface area contributed by atoms with E-state index >= 15 is 0 Å². The van der Waals surface area contributed by atoms with Crippen LogP contribution in [0.15, 0.2) is 42.5 Å². The largest absolute Gasteiger partial charge is 0.0656 e. The van der Waals surface area contributed by atoms with Gasteiger partial charge in [-0.15, -0.1) is 0 Å². The van der Waals surface area contributed by atoms with Gasteiger partial charge in [-0.05, 0) is 41.0 Å². The van der Waals surface area contributed by atoms with Gasteiger partial charge in [0.05, 0.1) is 0 Å². The fourth-order valence-electron chi connectivity index (χ4n) is 4.05. The average molecular weight is 311 g/mol. The predicted molar refractivity (Wildman–Crippen MR) is 104 cm³/mol. The third-order valence-corrected chi connectivity index (χ3v) is 5.26. The molecule has 2 aromatic carbocycles. The van der Waals surface area contributed by atoms with Crippen molar-refractivity contribution in [1.82, 2.24) is 0 Å². The lowest BCUT2D eigenvalue weighted by Crippen LogP contribution is -2.19. The summed E-state index contributed by atoms with van der Waals surface area (Å²) < 4.78 is 0. The molecule has 0 heteroatoms. The van der Waals surface area contributed by atoms with Gasteiger partial charge in [-0.1, -0.05) is 102 Å². The number of rotatable bonds is 4. The Labute approximate surface area is 143 Å². The quantitative estimate of drug-likeness (QED) is 0.551. The van der Waals surface area contributed by atoms with Crippen LogP contribution >= 0.6 is 0 Å². The van der Waals surface area contributed by atoms with E-state index in [2.05, 4.69) is 63.2 Å². The van der Waals surface area contributed by atoms with Crippen molar-refractivity contribution in [3.8, 4) is 0 Å². The molecule has 0 saturated heterocycles. The number of hydrogen-bond acceptors (Lipinski definition) is 0. The summed E-state index contributed by atoms with van der Waals surface area (Å²) in [6.07, 6.45) is 11.1. The van der Waals surface area contributed by atoms with Crippen LogP contribution < -0.4 is 0 Å². The first-order chi connectivity index (χ1) is 11.3. The highest BCUT2D eigenvalue weighted by Crippen LogP contribution is 2.35. The lowest BCUT2D eigenvalue weighted by molar-refractivity contribution is 0.218. The minimum atomic E-state index is 0.965. The van der Waals surface area contributed by atoms with Crippen molar-refractivity contribution in [2.75, 3.05) is 0 Å². The highest BCUT2D eigenvalue weighted by atomic mass is 14.3. The first kappa shape index (κ1) is 18.0. The van der Waals surface area contributed by atoms with E-state index < -0.39 is 0 Å². The van der Waals surface area contributed by atoms with Gasteiger partial charge in [-0.2, -0.15) is 0 Å². The Morgan fingerprint density at radius 3 is 2.22 bits per heavy atom. The topological polar surface area (TPSA) is 0 Å². The minimum Gasteiger partial charge on any atom is -0.0656 e. The summed E-state index contributed by atoms with van der Waals surface area (Å²) in [7, 11) is 0. The average Bonchev–Trinajstić information content (AvgIpc) is 2.61. The monoisotopic (exact) mass is 310 g/mol. The van der Waals surface area contributed by atoms with Crippen molar-refractivity contribution < 1.29 is 0 Å². The van der Waals surface area contributed by atoms with Gasteiger partial charge in [0.25, 0.3) is 0 Å². The Bertz CT molecular complexity index is 564. The second-order valence-corrected chi connectivity index (χ2v) is 7.10. The van der Waals surface area contributed by atoms with Crippen molar-refractivity contribution >= 4 is 10.8 Å². The zero-order valence-corrected chi connectivity index (χ0v) is 15.4. The molecule has 2 atom stereocenters. The molecule has 0 aliphatic heterocycles. The maximum Gasteiger partial charge on any atom is -0.0152 e. The molecule has 23 heavy (non-hydrogen) atoms. The summed E-state index contributed by atoms with van der Waals surface area (Å²) in [5.74, 6) is 1.95. The Morgan fingerprint density at radius 1 is 0.826 bits per heavy atom. The molecule has 0 bridgehead atoms. The van der Waals surface area contributed by atoms with Gasteiger partial charge in [-0.3, -0.25) is 0 Å². The fraction of sp³-hybridized carbons (Fsp3) is 0.565. The van der Waals surface area contributed by atoms with Crippen LogP contribution in [0.4, 0.5) is 0 Å². The van der Waals surface area contributed by atoms with Crippen LogP contribution in [0.1, 0.15) is 71.3 Å². The minimum absolute atomic E-state index is 0.965. The van der Waals surface area contributed by atoms with Gasteiger partial charge in [0.15, 0.2) is 0 Å². The zero-order chi connectivity index (χ0) is 16.5. The van der Waals surface area contributed by atoms with Gasteiger partial charge in [0.2, 0.25) is 0 Å². The normalized spacial score (nSPS) is 20.8. The molecule has 2 unspecified atom stereocenters. The lowest BCUT2D eigenvalue weighted by atomic mass is 9.75. The number of hydrogen-bond donors (Lipinski definition) is 0. The molecule has 0 radical (unpaired) electrons. The Morgan fingerprint density at radius 2 is 1.48 bits per heavy atom. The van der Waals surface area contributed by atoms with Gasteiger partial charge in [0.1, 0.15) is 0 Å². The second kappa shape index (κ2) is 9.75. The van der Waals surface area contributed by atoms with E-state index in [0.717, 1.165) is 11.8 Å². The molecule has 1 aliphatic rings. The Balaban J connectivity index is 0.000000595. The van der Waals surface area contributed by atoms with E-state index in [9.17, 15) is 0 Å². The summed E-state index contributed by atoms with van der Waals surface area (Å²) in [4.78, 5) is 0. The molecule has 0 amide bonds. The third-order valence-electron chi connectivity index (χ3n) is 5.26. The number of aryl methyl sites for hydroxylation is 1. The molecule has 0 nitrogen and oxygen atoms in total. The molecule has 0 aromatic heterocycles. The van der Waals surface area contributed by atoms with Gasteiger partial charge in [0, 0.05) is 0 Å². The van der Waals surface area contributed by atoms with Crippen LogP contribution in [0.3, 0.4) is 0 Å². The predicted octanol–water partition coefficient (Wildman–Crippen LogP) is 7.41. The van der Waals surface area contributed by atoms with Crippen molar-refractivity contribution in [3.05, 3.63) is 48.0 Å². The zero-order valence-electron chi connectivity index (χ0n) is 15.4. The first-order valence-corrected chi connectivity index (χ1v) is 9.76. The summed E-state index contributed by atoms with van der Waals surface area (Å²) in [5, 5.41) is 2.85. The molecule has 3 rings (SSSR count). The summed E-state index contributed by atoms with van der Waals surface area (Å²) in [6, 6.07) is 15.6. The maximum atomic E-state index is 2.38. The molecular formula is C23H34. The van der Waals surface area contributed by atoms with Crippen LogP contribution in [0, 0.1) is 11.8 Å². The van der Waals surface area contributed by atoms with E-state index in [-0.39, 0.29) is 0 Å². The molecule has 0 N–H and O–H groups in total. The SMILES string of the molecule is CCC.CCC1CCCCC1CCc1cccc2ccccc12. The Hall–Kier alpha value is -1.30. The summed E-state index contributed by atoms with van der Waals surface area (Å²) in [5.41, 5.74) is 1.54. The second-order valence-electron chi connectivity index (χ2n) is 7.10. The van der Waals surface area contributed by atoms with E-state index in [1.54, 1.807) is 5.56 Å². The van der Waals surface area contributed by atoms with Crippen LogP contribution in [0.25, 0.3) is 10.8 Å². The smallest absolute Gasteiger partial charge is 0.0152 e. The van der Waals surface area contributed by atoms with Crippen molar-refractivity contribution in [2.45, 2.75) is 72.1 Å².